The van der Waals surface area contributed by atoms with Gasteiger partial charge in [0.25, 0.3) is 0 Å². The first kappa shape index (κ1) is 18.4. The second-order valence-corrected chi connectivity index (χ2v) is 7.68. The SMILES string of the molecule is O=C(Cn1c(=O)nc(-c2ccccc2)c2cc(Cl)ccc21)NCc1cccs1. The summed E-state index contributed by atoms with van der Waals surface area (Å²) in [7, 11) is 0. The summed E-state index contributed by atoms with van der Waals surface area (Å²) in [5.74, 6) is -0.249. The molecule has 2 heterocycles. The Morgan fingerprint density at radius 1 is 1.11 bits per heavy atom. The highest BCUT2D eigenvalue weighted by Gasteiger charge is 2.15. The molecule has 0 bridgehead atoms. The number of rotatable bonds is 5. The van der Waals surface area contributed by atoms with Crippen molar-refractivity contribution in [1.29, 1.82) is 0 Å². The topological polar surface area (TPSA) is 64.0 Å². The van der Waals surface area contributed by atoms with E-state index in [0.29, 0.717) is 22.8 Å². The molecule has 2 aromatic heterocycles. The number of halogens is 1. The van der Waals surface area contributed by atoms with E-state index in [2.05, 4.69) is 10.3 Å². The van der Waals surface area contributed by atoms with Gasteiger partial charge in [0.05, 0.1) is 17.8 Å². The lowest BCUT2D eigenvalue weighted by molar-refractivity contribution is -0.121. The van der Waals surface area contributed by atoms with Crippen LogP contribution in [0.4, 0.5) is 0 Å². The van der Waals surface area contributed by atoms with Crippen LogP contribution in [0.1, 0.15) is 4.88 Å². The standard InChI is InChI=1S/C21H16ClN3O2S/c22-15-8-9-18-17(11-15)20(14-5-2-1-3-6-14)24-21(27)25(18)13-19(26)23-12-16-7-4-10-28-16/h1-11H,12-13H2,(H,23,26). The van der Waals surface area contributed by atoms with Crippen molar-refractivity contribution in [2.75, 3.05) is 0 Å². The number of fused-ring (bicyclic) bond motifs is 1. The fourth-order valence-corrected chi connectivity index (χ4v) is 3.84. The highest BCUT2D eigenvalue weighted by atomic mass is 35.5. The number of amides is 1. The van der Waals surface area contributed by atoms with Crippen LogP contribution in [0.5, 0.6) is 0 Å². The normalized spacial score (nSPS) is 10.9. The molecule has 0 atom stereocenters. The van der Waals surface area contributed by atoms with Crippen molar-refractivity contribution in [3.05, 3.63) is 86.4 Å². The summed E-state index contributed by atoms with van der Waals surface area (Å²) in [6, 6.07) is 18.6. The van der Waals surface area contributed by atoms with Crippen LogP contribution in [-0.4, -0.2) is 15.5 Å². The van der Waals surface area contributed by atoms with Crippen molar-refractivity contribution in [3.8, 4) is 11.3 Å². The molecule has 28 heavy (non-hydrogen) atoms. The molecule has 1 amide bonds. The second kappa shape index (κ2) is 7.96. The van der Waals surface area contributed by atoms with Crippen LogP contribution in [0.3, 0.4) is 0 Å². The maximum atomic E-state index is 12.7. The molecule has 0 saturated carbocycles. The summed E-state index contributed by atoms with van der Waals surface area (Å²) in [4.78, 5) is 30.4. The smallest absolute Gasteiger partial charge is 0.349 e. The summed E-state index contributed by atoms with van der Waals surface area (Å²) >= 11 is 7.76. The van der Waals surface area contributed by atoms with Crippen LogP contribution in [0.2, 0.25) is 5.02 Å². The van der Waals surface area contributed by atoms with Gasteiger partial charge in [-0.3, -0.25) is 9.36 Å². The largest absolute Gasteiger partial charge is 0.350 e. The lowest BCUT2D eigenvalue weighted by Gasteiger charge is -2.13. The average molecular weight is 410 g/mol. The molecule has 0 unspecified atom stereocenters. The monoisotopic (exact) mass is 409 g/mol. The van der Waals surface area contributed by atoms with Crippen molar-refractivity contribution >= 4 is 39.7 Å². The fraction of sp³-hybridized carbons (Fsp3) is 0.0952. The summed E-state index contributed by atoms with van der Waals surface area (Å²) in [6.45, 7) is 0.328. The zero-order valence-corrected chi connectivity index (χ0v) is 16.3. The molecule has 0 spiro atoms. The first-order valence-corrected chi connectivity index (χ1v) is 9.92. The third kappa shape index (κ3) is 3.83. The molecule has 0 aliphatic heterocycles. The van der Waals surface area contributed by atoms with Crippen molar-refractivity contribution in [3.63, 3.8) is 0 Å². The lowest BCUT2D eigenvalue weighted by Crippen LogP contribution is -2.33. The Morgan fingerprint density at radius 3 is 2.68 bits per heavy atom. The average Bonchev–Trinajstić information content (AvgIpc) is 3.22. The molecule has 4 rings (SSSR count). The van der Waals surface area contributed by atoms with Gasteiger partial charge in [0.2, 0.25) is 5.91 Å². The van der Waals surface area contributed by atoms with Gasteiger partial charge in [0.15, 0.2) is 0 Å². The molecule has 0 aliphatic rings. The molecule has 0 radical (unpaired) electrons. The van der Waals surface area contributed by atoms with E-state index in [1.54, 1.807) is 29.5 Å². The quantitative estimate of drug-likeness (QED) is 0.539. The third-order valence-electron chi connectivity index (χ3n) is 4.33. The fourth-order valence-electron chi connectivity index (χ4n) is 3.02. The lowest BCUT2D eigenvalue weighted by atomic mass is 10.1. The number of carbonyl (C=O) groups excluding carboxylic acids is 1. The van der Waals surface area contributed by atoms with Gasteiger partial charge in [-0.1, -0.05) is 48.0 Å². The zero-order valence-electron chi connectivity index (χ0n) is 14.8. The van der Waals surface area contributed by atoms with E-state index < -0.39 is 5.69 Å². The number of carbonyl (C=O) groups is 1. The van der Waals surface area contributed by atoms with Gasteiger partial charge < -0.3 is 5.32 Å². The Hall–Kier alpha value is -2.96. The minimum Gasteiger partial charge on any atom is -0.350 e. The van der Waals surface area contributed by atoms with Crippen LogP contribution >= 0.6 is 22.9 Å². The first-order valence-electron chi connectivity index (χ1n) is 8.66. The van der Waals surface area contributed by atoms with Gasteiger partial charge >= 0.3 is 5.69 Å². The van der Waals surface area contributed by atoms with Crippen molar-refractivity contribution in [1.82, 2.24) is 14.9 Å². The van der Waals surface area contributed by atoms with Crippen molar-refractivity contribution < 1.29 is 4.79 Å². The van der Waals surface area contributed by atoms with Gasteiger partial charge in [-0.25, -0.2) is 4.79 Å². The number of nitrogens with zero attached hydrogens (tertiary/aromatic N) is 2. The number of hydrogen-bond acceptors (Lipinski definition) is 4. The highest BCUT2D eigenvalue weighted by molar-refractivity contribution is 7.09. The number of nitrogens with one attached hydrogen (secondary N) is 1. The molecule has 140 valence electrons. The van der Waals surface area contributed by atoms with E-state index in [0.717, 1.165) is 15.8 Å². The number of aromatic nitrogens is 2. The molecular weight excluding hydrogens is 394 g/mol. The molecule has 0 aliphatic carbocycles. The molecule has 7 heteroatoms. The van der Waals surface area contributed by atoms with Gasteiger partial charge in [-0.05, 0) is 29.6 Å². The van der Waals surface area contributed by atoms with E-state index in [4.69, 9.17) is 11.6 Å². The van der Waals surface area contributed by atoms with E-state index in [-0.39, 0.29) is 12.5 Å². The minimum atomic E-state index is -0.472. The van der Waals surface area contributed by atoms with E-state index in [9.17, 15) is 9.59 Å². The van der Waals surface area contributed by atoms with Crippen molar-refractivity contribution in [2.24, 2.45) is 0 Å². The molecule has 1 N–H and O–H groups in total. The molecule has 5 nitrogen and oxygen atoms in total. The minimum absolute atomic E-state index is 0.107. The van der Waals surface area contributed by atoms with E-state index in [1.807, 2.05) is 47.8 Å². The predicted molar refractivity (Wildman–Crippen MR) is 113 cm³/mol. The Balaban J connectivity index is 1.72. The van der Waals surface area contributed by atoms with Crippen molar-refractivity contribution in [2.45, 2.75) is 13.1 Å². The maximum absolute atomic E-state index is 12.7. The molecule has 2 aromatic carbocycles. The van der Waals surface area contributed by atoms with Crippen LogP contribution in [-0.2, 0) is 17.9 Å². The molecular formula is C21H16ClN3O2S. The number of hydrogen-bond donors (Lipinski definition) is 1. The van der Waals surface area contributed by atoms with Gasteiger partial charge in [0.1, 0.15) is 6.54 Å². The summed E-state index contributed by atoms with van der Waals surface area (Å²) in [5.41, 5.74) is 1.52. The Morgan fingerprint density at radius 2 is 1.93 bits per heavy atom. The Kier molecular flexibility index (Phi) is 5.23. The van der Waals surface area contributed by atoms with Crippen LogP contribution in [0.15, 0.2) is 70.8 Å². The zero-order chi connectivity index (χ0) is 19.5. The summed E-state index contributed by atoms with van der Waals surface area (Å²) in [6.07, 6.45) is 0. The molecule has 0 fully saturated rings. The number of thiophene rings is 1. The van der Waals surface area contributed by atoms with Crippen LogP contribution in [0, 0.1) is 0 Å². The van der Waals surface area contributed by atoms with Crippen LogP contribution < -0.4 is 11.0 Å². The van der Waals surface area contributed by atoms with E-state index in [1.165, 1.54) is 4.57 Å². The second-order valence-electron chi connectivity index (χ2n) is 6.21. The molecule has 4 aromatic rings. The molecule has 0 saturated heterocycles. The number of benzene rings is 2. The van der Waals surface area contributed by atoms with Crippen LogP contribution in [0.25, 0.3) is 22.2 Å². The van der Waals surface area contributed by atoms with Gasteiger partial charge in [-0.15, -0.1) is 11.3 Å². The van der Waals surface area contributed by atoms with Gasteiger partial charge in [0, 0.05) is 20.8 Å². The maximum Gasteiger partial charge on any atom is 0.349 e. The first-order chi connectivity index (χ1) is 13.6. The highest BCUT2D eigenvalue weighted by Crippen LogP contribution is 2.27. The Bertz CT molecular complexity index is 1190. The summed E-state index contributed by atoms with van der Waals surface area (Å²) < 4.78 is 1.38. The van der Waals surface area contributed by atoms with E-state index >= 15 is 0 Å². The summed E-state index contributed by atoms with van der Waals surface area (Å²) in [5, 5.41) is 6.06. The van der Waals surface area contributed by atoms with Gasteiger partial charge in [-0.2, -0.15) is 4.98 Å². The Labute approximate surface area is 170 Å². The predicted octanol–water partition coefficient (Wildman–Crippen LogP) is 4.09. The third-order valence-corrected chi connectivity index (χ3v) is 5.44.